The number of nitrogens with two attached hydrogens (primary N) is 1. The fourth-order valence-electron chi connectivity index (χ4n) is 1.97. The average molecular weight is 229 g/mol. The predicted molar refractivity (Wildman–Crippen MR) is 66.4 cm³/mol. The van der Waals surface area contributed by atoms with Crippen molar-refractivity contribution < 1.29 is 9.47 Å². The molecule has 0 saturated carbocycles. The van der Waals surface area contributed by atoms with E-state index in [9.17, 15) is 0 Å². The summed E-state index contributed by atoms with van der Waals surface area (Å²) < 4.78 is 11.6. The molecule has 0 aromatic rings. The maximum atomic E-state index is 6.08. The Bertz CT molecular complexity index is 202. The van der Waals surface area contributed by atoms with Crippen molar-refractivity contribution in [2.24, 2.45) is 11.1 Å². The summed E-state index contributed by atoms with van der Waals surface area (Å²) in [7, 11) is 0. The van der Waals surface area contributed by atoms with Crippen molar-refractivity contribution >= 4 is 0 Å². The van der Waals surface area contributed by atoms with Crippen LogP contribution < -0.4 is 5.73 Å². The maximum absolute atomic E-state index is 6.08. The van der Waals surface area contributed by atoms with Crippen LogP contribution >= 0.6 is 0 Å². The van der Waals surface area contributed by atoms with Gasteiger partial charge in [-0.05, 0) is 32.1 Å². The van der Waals surface area contributed by atoms with Crippen molar-refractivity contribution in [2.75, 3.05) is 6.61 Å². The van der Waals surface area contributed by atoms with Gasteiger partial charge >= 0.3 is 0 Å². The van der Waals surface area contributed by atoms with Gasteiger partial charge < -0.3 is 15.2 Å². The summed E-state index contributed by atoms with van der Waals surface area (Å²) >= 11 is 0. The first-order chi connectivity index (χ1) is 7.29. The second-order valence-corrected chi connectivity index (χ2v) is 6.16. The van der Waals surface area contributed by atoms with E-state index in [1.807, 2.05) is 0 Å². The van der Waals surface area contributed by atoms with Crippen LogP contribution in [0.5, 0.6) is 0 Å². The predicted octanol–water partition coefficient (Wildman–Crippen LogP) is 2.33. The van der Waals surface area contributed by atoms with Gasteiger partial charge in [-0.3, -0.25) is 0 Å². The molecule has 1 saturated heterocycles. The summed E-state index contributed by atoms with van der Waals surface area (Å²) in [5.41, 5.74) is 6.19. The molecule has 1 fully saturated rings. The zero-order valence-corrected chi connectivity index (χ0v) is 11.3. The van der Waals surface area contributed by atoms with Crippen LogP contribution in [0.1, 0.15) is 47.5 Å². The topological polar surface area (TPSA) is 44.5 Å². The molecule has 3 nitrogen and oxygen atoms in total. The Labute approximate surface area is 99.7 Å². The van der Waals surface area contributed by atoms with Gasteiger partial charge in [-0.2, -0.15) is 0 Å². The molecule has 0 aliphatic carbocycles. The normalized spacial score (nSPS) is 33.8. The van der Waals surface area contributed by atoms with Gasteiger partial charge in [-0.15, -0.1) is 0 Å². The Hall–Kier alpha value is -0.120. The van der Waals surface area contributed by atoms with Crippen LogP contribution in [0.25, 0.3) is 0 Å². The summed E-state index contributed by atoms with van der Waals surface area (Å²) in [6, 6.07) is 0.0981. The molecule has 96 valence electrons. The van der Waals surface area contributed by atoms with Crippen LogP contribution in [0.3, 0.4) is 0 Å². The van der Waals surface area contributed by atoms with Crippen molar-refractivity contribution in [3.05, 3.63) is 0 Å². The highest BCUT2D eigenvalue weighted by molar-refractivity contribution is 4.79. The molecule has 0 radical (unpaired) electrons. The van der Waals surface area contributed by atoms with Crippen LogP contribution in [0.4, 0.5) is 0 Å². The summed E-state index contributed by atoms with van der Waals surface area (Å²) in [5.74, 6) is 0. The van der Waals surface area contributed by atoms with Crippen LogP contribution in [0.2, 0.25) is 0 Å². The number of rotatable bonds is 3. The molecule has 16 heavy (non-hydrogen) atoms. The highest BCUT2D eigenvalue weighted by Crippen LogP contribution is 2.23. The fourth-order valence-corrected chi connectivity index (χ4v) is 1.97. The van der Waals surface area contributed by atoms with Crippen LogP contribution in [0, 0.1) is 5.41 Å². The lowest BCUT2D eigenvalue weighted by Crippen LogP contribution is -2.42. The molecule has 1 aliphatic rings. The van der Waals surface area contributed by atoms with Crippen molar-refractivity contribution in [3.8, 4) is 0 Å². The van der Waals surface area contributed by atoms with E-state index >= 15 is 0 Å². The van der Waals surface area contributed by atoms with Gasteiger partial charge in [0.1, 0.15) is 0 Å². The van der Waals surface area contributed by atoms with E-state index in [1.54, 1.807) is 0 Å². The van der Waals surface area contributed by atoms with E-state index in [-0.39, 0.29) is 11.5 Å². The Kier molecular flexibility index (Phi) is 4.77. The quantitative estimate of drug-likeness (QED) is 0.808. The van der Waals surface area contributed by atoms with Crippen LogP contribution in [-0.2, 0) is 9.47 Å². The standard InChI is InChI=1S/C13H27NO2/c1-9-6-11(7-10(2)16-9)15-8-12(14)13(3,4)5/h9-12H,6-8,14H2,1-5H3. The first kappa shape index (κ1) is 13.9. The van der Waals surface area contributed by atoms with Crippen LogP contribution in [-0.4, -0.2) is 31.0 Å². The zero-order valence-electron chi connectivity index (χ0n) is 11.3. The Morgan fingerprint density at radius 3 is 2.19 bits per heavy atom. The minimum Gasteiger partial charge on any atom is -0.376 e. The summed E-state index contributed by atoms with van der Waals surface area (Å²) in [5, 5.41) is 0. The molecule has 1 aliphatic heterocycles. The lowest BCUT2D eigenvalue weighted by atomic mass is 9.88. The highest BCUT2D eigenvalue weighted by Gasteiger charge is 2.27. The summed E-state index contributed by atoms with van der Waals surface area (Å²) in [6.45, 7) is 11.3. The van der Waals surface area contributed by atoms with Crippen LogP contribution in [0.15, 0.2) is 0 Å². The molecular formula is C13H27NO2. The number of hydrogen-bond donors (Lipinski definition) is 1. The SMILES string of the molecule is CC1CC(OCC(N)C(C)(C)C)CC(C)O1. The molecule has 0 aromatic heterocycles. The third-order valence-electron chi connectivity index (χ3n) is 3.28. The van der Waals surface area contributed by atoms with E-state index in [1.165, 1.54) is 0 Å². The molecule has 1 heterocycles. The van der Waals surface area contributed by atoms with Crippen molar-refractivity contribution in [3.63, 3.8) is 0 Å². The van der Waals surface area contributed by atoms with Gasteiger partial charge in [0, 0.05) is 6.04 Å². The molecule has 3 atom stereocenters. The lowest BCUT2D eigenvalue weighted by molar-refractivity contribution is -0.106. The van der Waals surface area contributed by atoms with Gasteiger partial charge in [0.15, 0.2) is 0 Å². The monoisotopic (exact) mass is 229 g/mol. The minimum atomic E-state index is 0.0981. The Balaban J connectivity index is 2.32. The first-order valence-corrected chi connectivity index (χ1v) is 6.31. The molecular weight excluding hydrogens is 202 g/mol. The molecule has 0 bridgehead atoms. The average Bonchev–Trinajstić information content (AvgIpc) is 2.11. The van der Waals surface area contributed by atoms with E-state index < -0.39 is 0 Å². The molecule has 0 amide bonds. The Morgan fingerprint density at radius 1 is 1.25 bits per heavy atom. The fraction of sp³-hybridized carbons (Fsp3) is 1.00. The second-order valence-electron chi connectivity index (χ2n) is 6.16. The van der Waals surface area contributed by atoms with E-state index in [0.29, 0.717) is 24.9 Å². The smallest absolute Gasteiger partial charge is 0.0626 e. The van der Waals surface area contributed by atoms with Gasteiger partial charge in [0.2, 0.25) is 0 Å². The molecule has 3 heteroatoms. The zero-order chi connectivity index (χ0) is 12.3. The maximum Gasteiger partial charge on any atom is 0.0626 e. The molecule has 1 rings (SSSR count). The molecule has 0 spiro atoms. The summed E-state index contributed by atoms with van der Waals surface area (Å²) in [4.78, 5) is 0. The van der Waals surface area contributed by atoms with E-state index in [0.717, 1.165) is 12.8 Å². The van der Waals surface area contributed by atoms with Gasteiger partial charge in [-0.1, -0.05) is 20.8 Å². The molecule has 3 unspecified atom stereocenters. The second kappa shape index (κ2) is 5.48. The third-order valence-corrected chi connectivity index (χ3v) is 3.28. The van der Waals surface area contributed by atoms with E-state index in [4.69, 9.17) is 15.2 Å². The largest absolute Gasteiger partial charge is 0.376 e. The third kappa shape index (κ3) is 4.40. The van der Waals surface area contributed by atoms with Crippen molar-refractivity contribution in [1.82, 2.24) is 0 Å². The minimum absolute atomic E-state index is 0.0981. The van der Waals surface area contributed by atoms with Gasteiger partial charge in [-0.25, -0.2) is 0 Å². The highest BCUT2D eigenvalue weighted by atomic mass is 16.5. The summed E-state index contributed by atoms with van der Waals surface area (Å²) in [6.07, 6.45) is 2.90. The van der Waals surface area contributed by atoms with Gasteiger partial charge in [0.05, 0.1) is 24.9 Å². The number of ether oxygens (including phenoxy) is 2. The van der Waals surface area contributed by atoms with Gasteiger partial charge in [0.25, 0.3) is 0 Å². The molecule has 0 aromatic carbocycles. The Morgan fingerprint density at radius 2 is 1.75 bits per heavy atom. The lowest BCUT2D eigenvalue weighted by Gasteiger charge is -2.34. The first-order valence-electron chi connectivity index (χ1n) is 6.31. The number of hydrogen-bond acceptors (Lipinski definition) is 3. The van der Waals surface area contributed by atoms with Crippen molar-refractivity contribution in [2.45, 2.75) is 71.8 Å². The molecule has 2 N–H and O–H groups in total. The van der Waals surface area contributed by atoms with E-state index in [2.05, 4.69) is 34.6 Å². The van der Waals surface area contributed by atoms with Crippen molar-refractivity contribution in [1.29, 1.82) is 0 Å².